The first-order chi connectivity index (χ1) is 11.5. The lowest BCUT2D eigenvalue weighted by atomic mass is 9.76. The van der Waals surface area contributed by atoms with E-state index in [4.69, 9.17) is 4.74 Å². The van der Waals surface area contributed by atoms with Gasteiger partial charge in [-0.1, -0.05) is 12.1 Å². The lowest BCUT2D eigenvalue weighted by Gasteiger charge is -2.42. The van der Waals surface area contributed by atoms with Gasteiger partial charge in [-0.3, -0.25) is 9.59 Å². The van der Waals surface area contributed by atoms with Crippen LogP contribution in [0.25, 0.3) is 10.6 Å². The Balaban J connectivity index is 2.07. The van der Waals surface area contributed by atoms with Crippen LogP contribution in [0.1, 0.15) is 44.2 Å². The Morgan fingerprint density at radius 1 is 1.04 bits per heavy atom. The fraction of sp³-hybridized carbons (Fsp3) is 0.421. The highest BCUT2D eigenvalue weighted by Crippen LogP contribution is 2.41. The number of rotatable bonds is 2. The summed E-state index contributed by atoms with van der Waals surface area (Å²) in [5, 5.41) is 0.826. The zero-order valence-corrected chi connectivity index (χ0v) is 17.8. The maximum atomic E-state index is 12.9. The zero-order valence-electron chi connectivity index (χ0n) is 14.8. The number of carbonyl (C=O) groups excluding carboxylic acids is 2. The lowest BCUT2D eigenvalue weighted by Crippen LogP contribution is -2.58. The number of ketones is 2. The van der Waals surface area contributed by atoms with Crippen molar-refractivity contribution in [1.29, 1.82) is 0 Å². The summed E-state index contributed by atoms with van der Waals surface area (Å²) in [5.41, 5.74) is -0.467. The largest absolute Gasteiger partial charge is 0.354 e. The number of aryl methyl sites for hydroxylation is 1. The van der Waals surface area contributed by atoms with Gasteiger partial charge < -0.3 is 4.74 Å². The Labute approximate surface area is 165 Å². The average molecular weight is 469 g/mol. The summed E-state index contributed by atoms with van der Waals surface area (Å²) in [5.74, 6) is -1.31. The van der Waals surface area contributed by atoms with Gasteiger partial charge in [0.05, 0.1) is 5.69 Å². The summed E-state index contributed by atoms with van der Waals surface area (Å²) >= 11 is 3.77. The molecule has 0 N–H and O–H groups in total. The number of thiazole rings is 1. The minimum absolute atomic E-state index is 0.223. The molecule has 1 saturated heterocycles. The first-order valence-electron chi connectivity index (χ1n) is 8.05. The van der Waals surface area contributed by atoms with E-state index >= 15 is 0 Å². The van der Waals surface area contributed by atoms with Crippen LogP contribution >= 0.6 is 33.9 Å². The predicted octanol–water partition coefficient (Wildman–Crippen LogP) is 4.53. The second-order valence-electron chi connectivity index (χ2n) is 7.25. The molecule has 0 atom stereocenters. The van der Waals surface area contributed by atoms with Gasteiger partial charge in [-0.05, 0) is 69.3 Å². The van der Waals surface area contributed by atoms with Crippen LogP contribution in [-0.4, -0.2) is 27.8 Å². The zero-order chi connectivity index (χ0) is 18.6. The van der Waals surface area contributed by atoms with E-state index < -0.39 is 17.1 Å². The summed E-state index contributed by atoms with van der Waals surface area (Å²) < 4.78 is 6.90. The molecule has 3 rings (SSSR count). The van der Waals surface area contributed by atoms with Crippen molar-refractivity contribution in [3.8, 4) is 10.6 Å². The van der Waals surface area contributed by atoms with Crippen molar-refractivity contribution in [1.82, 2.24) is 4.98 Å². The highest BCUT2D eigenvalue weighted by atomic mass is 127. The molecule has 0 spiro atoms. The van der Waals surface area contributed by atoms with Crippen molar-refractivity contribution in [3.05, 3.63) is 38.4 Å². The molecule has 6 heteroatoms. The van der Waals surface area contributed by atoms with Gasteiger partial charge in [0.1, 0.15) is 22.1 Å². The van der Waals surface area contributed by atoms with Gasteiger partial charge in [-0.2, -0.15) is 0 Å². The summed E-state index contributed by atoms with van der Waals surface area (Å²) in [6.07, 6.45) is 0. The first kappa shape index (κ1) is 18.7. The van der Waals surface area contributed by atoms with Crippen molar-refractivity contribution in [3.63, 3.8) is 0 Å². The molecule has 1 aromatic carbocycles. The Morgan fingerprint density at radius 3 is 2.08 bits per heavy atom. The fourth-order valence-corrected chi connectivity index (χ4v) is 4.51. The van der Waals surface area contributed by atoms with Gasteiger partial charge in [-0.25, -0.2) is 4.98 Å². The standard InChI is InChI=1S/C19H20INO3S/c1-10-14(21-17(25-10)11-6-8-12(20)9-7-11)13-15(22)18(2,3)24-19(4,5)16(13)23/h6-9,13H,1-5H3. The van der Waals surface area contributed by atoms with Crippen LogP contribution in [0.3, 0.4) is 0 Å². The van der Waals surface area contributed by atoms with Gasteiger partial charge in [0.2, 0.25) is 0 Å². The van der Waals surface area contributed by atoms with Crippen LogP contribution in [0.5, 0.6) is 0 Å². The van der Waals surface area contributed by atoms with Crippen LogP contribution < -0.4 is 0 Å². The molecule has 0 saturated carbocycles. The van der Waals surface area contributed by atoms with E-state index in [0.717, 1.165) is 19.0 Å². The van der Waals surface area contributed by atoms with E-state index in [2.05, 4.69) is 27.6 Å². The third-order valence-electron chi connectivity index (χ3n) is 4.42. The fourth-order valence-electron chi connectivity index (χ4n) is 3.19. The van der Waals surface area contributed by atoms with Crippen LogP contribution in [0.15, 0.2) is 24.3 Å². The number of benzene rings is 1. The Morgan fingerprint density at radius 2 is 1.56 bits per heavy atom. The first-order valence-corrected chi connectivity index (χ1v) is 9.94. The van der Waals surface area contributed by atoms with Crippen LogP contribution in [0.4, 0.5) is 0 Å². The Hall–Kier alpha value is -1.12. The van der Waals surface area contributed by atoms with Gasteiger partial charge in [-0.15, -0.1) is 11.3 Å². The van der Waals surface area contributed by atoms with Crippen molar-refractivity contribution in [2.75, 3.05) is 0 Å². The lowest BCUT2D eigenvalue weighted by molar-refractivity contribution is -0.184. The maximum Gasteiger partial charge on any atom is 0.180 e. The van der Waals surface area contributed by atoms with Crippen molar-refractivity contribution >= 4 is 45.5 Å². The molecule has 0 unspecified atom stereocenters. The number of aromatic nitrogens is 1. The van der Waals surface area contributed by atoms with Crippen molar-refractivity contribution < 1.29 is 14.3 Å². The van der Waals surface area contributed by atoms with Gasteiger partial charge in [0.25, 0.3) is 0 Å². The molecule has 4 nitrogen and oxygen atoms in total. The van der Waals surface area contributed by atoms with E-state index in [-0.39, 0.29) is 11.6 Å². The predicted molar refractivity (Wildman–Crippen MR) is 107 cm³/mol. The summed E-state index contributed by atoms with van der Waals surface area (Å²) in [6, 6.07) is 8.04. The molecule has 0 amide bonds. The van der Waals surface area contributed by atoms with Crippen LogP contribution in [0.2, 0.25) is 0 Å². The number of hydrogen-bond acceptors (Lipinski definition) is 5. The Bertz CT molecular complexity index is 826. The highest BCUT2D eigenvalue weighted by molar-refractivity contribution is 14.1. The SMILES string of the molecule is Cc1sc(-c2ccc(I)cc2)nc1C1C(=O)C(C)(C)OC(C)(C)C1=O. The molecule has 132 valence electrons. The molecular weight excluding hydrogens is 449 g/mol. The van der Waals surface area contributed by atoms with Crippen LogP contribution in [0, 0.1) is 10.5 Å². The molecule has 1 fully saturated rings. The summed E-state index contributed by atoms with van der Waals surface area (Å²) in [4.78, 5) is 31.4. The topological polar surface area (TPSA) is 56.3 Å². The maximum absolute atomic E-state index is 12.9. The number of carbonyl (C=O) groups is 2. The number of nitrogens with zero attached hydrogens (tertiary/aromatic N) is 1. The van der Waals surface area contributed by atoms with Gasteiger partial charge in [0, 0.05) is 14.0 Å². The van der Waals surface area contributed by atoms with E-state index in [1.165, 1.54) is 11.3 Å². The van der Waals surface area contributed by atoms with Gasteiger partial charge >= 0.3 is 0 Å². The number of ether oxygens (including phenoxy) is 1. The average Bonchev–Trinajstić information content (AvgIpc) is 2.88. The number of halogens is 1. The third kappa shape index (κ3) is 3.31. The summed E-state index contributed by atoms with van der Waals surface area (Å²) in [6.45, 7) is 8.80. The van der Waals surface area contributed by atoms with E-state index in [9.17, 15) is 9.59 Å². The molecule has 0 bridgehead atoms. The molecule has 2 heterocycles. The quantitative estimate of drug-likeness (QED) is 0.479. The highest BCUT2D eigenvalue weighted by Gasteiger charge is 2.54. The summed E-state index contributed by atoms with van der Waals surface area (Å²) in [7, 11) is 0. The Kier molecular flexibility index (Phi) is 4.66. The molecule has 0 radical (unpaired) electrons. The van der Waals surface area contributed by atoms with Crippen LogP contribution in [-0.2, 0) is 14.3 Å². The smallest absolute Gasteiger partial charge is 0.180 e. The second kappa shape index (κ2) is 6.25. The number of Topliss-reactive ketones (excluding diaryl/α,β-unsaturated/α-hetero) is 2. The van der Waals surface area contributed by atoms with Crippen molar-refractivity contribution in [2.45, 2.75) is 51.7 Å². The molecule has 1 aromatic heterocycles. The normalized spacial score (nSPS) is 20.1. The molecule has 0 aliphatic carbocycles. The minimum Gasteiger partial charge on any atom is -0.354 e. The number of hydrogen-bond donors (Lipinski definition) is 0. The molecule has 1 aliphatic heterocycles. The minimum atomic E-state index is -1.01. The molecule has 25 heavy (non-hydrogen) atoms. The van der Waals surface area contributed by atoms with E-state index in [1.54, 1.807) is 27.7 Å². The monoisotopic (exact) mass is 469 g/mol. The molecular formula is C19H20INO3S. The third-order valence-corrected chi connectivity index (χ3v) is 6.17. The van der Waals surface area contributed by atoms with Crippen molar-refractivity contribution in [2.24, 2.45) is 0 Å². The van der Waals surface area contributed by atoms with E-state index in [0.29, 0.717) is 5.69 Å². The van der Waals surface area contributed by atoms with Gasteiger partial charge in [0.15, 0.2) is 11.6 Å². The second-order valence-corrected chi connectivity index (χ2v) is 9.70. The van der Waals surface area contributed by atoms with E-state index in [1.807, 2.05) is 31.2 Å². The molecule has 2 aromatic rings. The molecule has 1 aliphatic rings.